The van der Waals surface area contributed by atoms with Crippen molar-refractivity contribution in [2.45, 2.75) is 25.6 Å². The highest BCUT2D eigenvalue weighted by Crippen LogP contribution is 2.12. The number of hydrogen-bond acceptors (Lipinski definition) is 4. The van der Waals surface area contributed by atoms with Crippen molar-refractivity contribution in [1.82, 2.24) is 4.90 Å². The van der Waals surface area contributed by atoms with E-state index in [2.05, 4.69) is 0 Å². The van der Waals surface area contributed by atoms with Gasteiger partial charge < -0.3 is 20.1 Å². The Morgan fingerprint density at radius 2 is 1.91 bits per heavy atom. The number of ether oxygens (including phenoxy) is 2. The Balaban J connectivity index is 2.09. The lowest BCUT2D eigenvalue weighted by atomic mass is 10.1. The lowest BCUT2D eigenvalue weighted by Crippen LogP contribution is -2.48. The van der Waals surface area contributed by atoms with Crippen LogP contribution in [-0.4, -0.2) is 55.2 Å². The van der Waals surface area contributed by atoms with Gasteiger partial charge in [0.05, 0.1) is 13.2 Å². The zero-order chi connectivity index (χ0) is 15.9. The predicted molar refractivity (Wildman–Crippen MR) is 81.1 cm³/mol. The summed E-state index contributed by atoms with van der Waals surface area (Å²) in [6.07, 6.45) is -1.11. The summed E-state index contributed by atoms with van der Waals surface area (Å²) in [5, 5.41) is 0. The molecule has 0 aliphatic carbocycles. The van der Waals surface area contributed by atoms with Gasteiger partial charge in [0.25, 0.3) is 5.91 Å². The first kappa shape index (κ1) is 16.5. The Bertz CT molecular complexity index is 500. The summed E-state index contributed by atoms with van der Waals surface area (Å²) in [7, 11) is 0. The third-order valence-electron chi connectivity index (χ3n) is 3.63. The summed E-state index contributed by atoms with van der Waals surface area (Å²) >= 11 is 0. The molecule has 1 saturated heterocycles. The highest BCUT2D eigenvalue weighted by molar-refractivity contribution is 5.83. The molecule has 2 atom stereocenters. The van der Waals surface area contributed by atoms with Crippen molar-refractivity contribution in [3.63, 3.8) is 0 Å². The van der Waals surface area contributed by atoms with Gasteiger partial charge in [-0.2, -0.15) is 0 Å². The monoisotopic (exact) mass is 306 g/mol. The summed E-state index contributed by atoms with van der Waals surface area (Å²) in [5.74, 6) is -0.701. The fourth-order valence-corrected chi connectivity index (χ4v) is 2.32. The number of hydrogen-bond donors (Lipinski definition) is 1. The van der Waals surface area contributed by atoms with Crippen molar-refractivity contribution in [2.24, 2.45) is 5.73 Å². The fourth-order valence-electron chi connectivity index (χ4n) is 2.32. The minimum atomic E-state index is -0.807. The van der Waals surface area contributed by atoms with Crippen LogP contribution in [0.1, 0.15) is 12.5 Å². The lowest BCUT2D eigenvalue weighted by Gasteiger charge is -2.31. The van der Waals surface area contributed by atoms with Gasteiger partial charge in [0.15, 0.2) is 0 Å². The van der Waals surface area contributed by atoms with Gasteiger partial charge in [0.1, 0.15) is 12.2 Å². The molecule has 1 aliphatic heterocycles. The van der Waals surface area contributed by atoms with Gasteiger partial charge in [-0.05, 0) is 12.5 Å². The number of rotatable bonds is 6. The summed E-state index contributed by atoms with van der Waals surface area (Å²) < 4.78 is 10.9. The fraction of sp³-hybridized carbons (Fsp3) is 0.500. The summed E-state index contributed by atoms with van der Waals surface area (Å²) in [6, 6.07) is 9.58. The van der Waals surface area contributed by atoms with E-state index in [9.17, 15) is 9.59 Å². The van der Waals surface area contributed by atoms with Crippen LogP contribution in [0.2, 0.25) is 0 Å². The maximum Gasteiger partial charge on any atom is 0.252 e. The molecule has 0 saturated carbocycles. The first-order valence-corrected chi connectivity index (χ1v) is 7.43. The van der Waals surface area contributed by atoms with E-state index in [1.54, 1.807) is 11.8 Å². The van der Waals surface area contributed by atoms with Crippen LogP contribution in [0, 0.1) is 0 Å². The number of primary amides is 1. The van der Waals surface area contributed by atoms with E-state index in [-0.39, 0.29) is 5.91 Å². The maximum atomic E-state index is 12.7. The second-order valence-corrected chi connectivity index (χ2v) is 5.30. The lowest BCUT2D eigenvalue weighted by molar-refractivity contribution is -0.154. The zero-order valence-corrected chi connectivity index (χ0v) is 12.7. The first-order valence-electron chi connectivity index (χ1n) is 7.43. The Morgan fingerprint density at radius 1 is 1.27 bits per heavy atom. The number of morpholine rings is 1. The van der Waals surface area contributed by atoms with Crippen LogP contribution >= 0.6 is 0 Å². The van der Waals surface area contributed by atoms with Gasteiger partial charge in [-0.3, -0.25) is 9.59 Å². The van der Waals surface area contributed by atoms with Gasteiger partial charge in [0.2, 0.25) is 5.91 Å². The average molecular weight is 306 g/mol. The Hall–Kier alpha value is -1.92. The summed E-state index contributed by atoms with van der Waals surface area (Å²) in [6.45, 7) is 3.69. The van der Waals surface area contributed by atoms with Crippen molar-refractivity contribution in [1.29, 1.82) is 0 Å². The van der Waals surface area contributed by atoms with Crippen LogP contribution < -0.4 is 5.73 Å². The summed E-state index contributed by atoms with van der Waals surface area (Å²) in [4.78, 5) is 25.6. The minimum absolute atomic E-state index is 0.125. The van der Waals surface area contributed by atoms with E-state index in [1.807, 2.05) is 30.3 Å². The van der Waals surface area contributed by atoms with E-state index >= 15 is 0 Å². The second kappa shape index (κ2) is 7.91. The van der Waals surface area contributed by atoms with Crippen LogP contribution in [0.25, 0.3) is 0 Å². The Morgan fingerprint density at radius 3 is 2.50 bits per heavy atom. The SMILES string of the molecule is C[C@H](O[C@@H](Cc1ccccc1)C(=O)N1CCOCC1)C(N)=O. The Labute approximate surface area is 130 Å². The molecule has 0 aromatic heterocycles. The molecule has 120 valence electrons. The van der Waals surface area contributed by atoms with Gasteiger partial charge in [-0.25, -0.2) is 0 Å². The van der Waals surface area contributed by atoms with Gasteiger partial charge in [-0.1, -0.05) is 30.3 Å². The molecular formula is C16H22N2O4. The van der Waals surface area contributed by atoms with Crippen molar-refractivity contribution in [3.8, 4) is 0 Å². The quantitative estimate of drug-likeness (QED) is 0.822. The standard InChI is InChI=1S/C16H22N2O4/c1-12(15(17)19)22-14(11-13-5-3-2-4-6-13)16(20)18-7-9-21-10-8-18/h2-6,12,14H,7-11H2,1H3,(H2,17,19)/t12-,14-/m0/s1. The van der Waals surface area contributed by atoms with E-state index in [0.717, 1.165) is 5.56 Å². The molecule has 2 N–H and O–H groups in total. The van der Waals surface area contributed by atoms with Crippen LogP contribution in [0.4, 0.5) is 0 Å². The molecule has 0 radical (unpaired) electrons. The number of carbonyl (C=O) groups is 2. The molecule has 22 heavy (non-hydrogen) atoms. The van der Waals surface area contributed by atoms with E-state index < -0.39 is 18.1 Å². The van der Waals surface area contributed by atoms with Crippen LogP contribution in [0.15, 0.2) is 30.3 Å². The average Bonchev–Trinajstić information content (AvgIpc) is 2.55. The molecule has 1 aliphatic rings. The van der Waals surface area contributed by atoms with Crippen molar-refractivity contribution in [2.75, 3.05) is 26.3 Å². The van der Waals surface area contributed by atoms with E-state index in [4.69, 9.17) is 15.2 Å². The number of nitrogens with two attached hydrogens (primary N) is 1. The molecule has 1 aromatic carbocycles. The van der Waals surface area contributed by atoms with Gasteiger partial charge in [-0.15, -0.1) is 0 Å². The summed E-state index contributed by atoms with van der Waals surface area (Å²) in [5.41, 5.74) is 6.22. The molecule has 0 bridgehead atoms. The maximum absolute atomic E-state index is 12.7. The zero-order valence-electron chi connectivity index (χ0n) is 12.7. The first-order chi connectivity index (χ1) is 10.6. The molecule has 1 heterocycles. The molecule has 0 unspecified atom stereocenters. The molecule has 2 amide bonds. The third-order valence-corrected chi connectivity index (χ3v) is 3.63. The molecule has 6 heteroatoms. The molecule has 0 spiro atoms. The van der Waals surface area contributed by atoms with Gasteiger partial charge >= 0.3 is 0 Å². The highest BCUT2D eigenvalue weighted by atomic mass is 16.5. The normalized spacial score (nSPS) is 17.8. The molecule has 1 aromatic rings. The number of benzene rings is 1. The largest absolute Gasteiger partial charge is 0.378 e. The molecule has 1 fully saturated rings. The minimum Gasteiger partial charge on any atom is -0.378 e. The van der Waals surface area contributed by atoms with Crippen LogP contribution in [0.5, 0.6) is 0 Å². The van der Waals surface area contributed by atoms with Crippen molar-refractivity contribution in [3.05, 3.63) is 35.9 Å². The topological polar surface area (TPSA) is 81.9 Å². The van der Waals surface area contributed by atoms with E-state index in [0.29, 0.717) is 32.7 Å². The third kappa shape index (κ3) is 4.54. The Kier molecular flexibility index (Phi) is 5.91. The smallest absolute Gasteiger partial charge is 0.252 e. The predicted octanol–water partition coefficient (Wildman–Crippen LogP) is 0.347. The van der Waals surface area contributed by atoms with Crippen LogP contribution in [-0.2, 0) is 25.5 Å². The molecule has 2 rings (SSSR count). The number of nitrogens with zero attached hydrogens (tertiary/aromatic N) is 1. The van der Waals surface area contributed by atoms with E-state index in [1.165, 1.54) is 0 Å². The number of amides is 2. The highest BCUT2D eigenvalue weighted by Gasteiger charge is 2.29. The molecular weight excluding hydrogens is 284 g/mol. The number of carbonyl (C=O) groups excluding carboxylic acids is 2. The van der Waals surface area contributed by atoms with Crippen molar-refractivity contribution < 1.29 is 19.1 Å². The van der Waals surface area contributed by atoms with Crippen molar-refractivity contribution >= 4 is 11.8 Å². The molecule has 6 nitrogen and oxygen atoms in total. The van der Waals surface area contributed by atoms with Gasteiger partial charge in [0, 0.05) is 19.5 Å². The van der Waals surface area contributed by atoms with Crippen LogP contribution in [0.3, 0.4) is 0 Å². The second-order valence-electron chi connectivity index (χ2n) is 5.30.